The summed E-state index contributed by atoms with van der Waals surface area (Å²) in [5.74, 6) is -0.0840. The first-order chi connectivity index (χ1) is 26.0. The van der Waals surface area contributed by atoms with Gasteiger partial charge in [-0.25, -0.2) is 0 Å². The number of hydrogen-bond donors (Lipinski definition) is 3. The summed E-state index contributed by atoms with van der Waals surface area (Å²) < 4.78 is 5.44. The molecule has 0 aromatic rings. The highest BCUT2D eigenvalue weighted by atomic mass is 16.5. The van der Waals surface area contributed by atoms with Gasteiger partial charge in [-0.3, -0.25) is 9.59 Å². The quantitative estimate of drug-likeness (QED) is 0.0328. The monoisotopic (exact) mass is 750 g/mol. The molecule has 2 unspecified atom stereocenters. The van der Waals surface area contributed by atoms with Gasteiger partial charge in [0.25, 0.3) is 0 Å². The van der Waals surface area contributed by atoms with Gasteiger partial charge in [0.15, 0.2) is 0 Å². The number of amides is 1. The Balaban J connectivity index is 3.47. The van der Waals surface area contributed by atoms with Crippen LogP contribution in [0.1, 0.15) is 251 Å². The largest absolute Gasteiger partial charge is 0.466 e. The minimum atomic E-state index is -0.848. The van der Waals surface area contributed by atoms with Crippen LogP contribution in [0.15, 0.2) is 12.2 Å². The molecule has 314 valence electrons. The maximum absolute atomic E-state index is 12.4. The third-order valence-corrected chi connectivity index (χ3v) is 10.8. The SMILES string of the molecule is CCCCCCCCCCC/C=C/C(O)C(CO)NC(=O)CCCCCCCCCCCCCCCCOC(=O)CCCCCCCCCCCCC. The number of aliphatic hydroxyl groups is 2. The van der Waals surface area contributed by atoms with Gasteiger partial charge < -0.3 is 20.3 Å². The van der Waals surface area contributed by atoms with Gasteiger partial charge in [0.05, 0.1) is 25.4 Å². The number of esters is 1. The molecule has 0 aromatic heterocycles. The van der Waals surface area contributed by atoms with E-state index in [0.29, 0.717) is 19.4 Å². The molecule has 0 saturated heterocycles. The summed E-state index contributed by atoms with van der Waals surface area (Å²) in [7, 11) is 0. The summed E-state index contributed by atoms with van der Waals surface area (Å²) in [5.41, 5.74) is 0. The van der Waals surface area contributed by atoms with Crippen LogP contribution >= 0.6 is 0 Å². The molecule has 3 N–H and O–H groups in total. The Bertz CT molecular complexity index is 787. The van der Waals surface area contributed by atoms with Crippen LogP contribution in [0.25, 0.3) is 0 Å². The van der Waals surface area contributed by atoms with E-state index in [1.54, 1.807) is 6.08 Å². The molecule has 1 amide bonds. The van der Waals surface area contributed by atoms with E-state index in [2.05, 4.69) is 19.2 Å². The average molecular weight is 750 g/mol. The number of unbranched alkanes of at least 4 members (excludes halogenated alkanes) is 32. The zero-order valence-electron chi connectivity index (χ0n) is 35.5. The fourth-order valence-electron chi connectivity index (χ4n) is 7.16. The standard InChI is InChI=1S/C47H91NO5/c1-3-5-7-9-11-13-19-23-27-31-35-39-45(50)44(43-49)48-46(51)40-36-32-28-24-21-17-15-16-18-22-26-30-34-38-42-53-47(52)41-37-33-29-25-20-14-12-10-8-6-4-2/h35,39,44-45,49-50H,3-34,36-38,40-43H2,1-2H3,(H,48,51)/b39-35+. The number of aliphatic hydroxyl groups excluding tert-OH is 2. The van der Waals surface area contributed by atoms with Gasteiger partial charge in [0.1, 0.15) is 0 Å². The van der Waals surface area contributed by atoms with E-state index in [1.165, 1.54) is 167 Å². The highest BCUT2D eigenvalue weighted by Gasteiger charge is 2.18. The number of nitrogens with one attached hydrogen (secondary N) is 1. The van der Waals surface area contributed by atoms with Crippen LogP contribution in [0, 0.1) is 0 Å². The molecule has 0 fully saturated rings. The second-order valence-corrected chi connectivity index (χ2v) is 16.1. The van der Waals surface area contributed by atoms with Crippen molar-refractivity contribution in [2.45, 2.75) is 264 Å². The van der Waals surface area contributed by atoms with Gasteiger partial charge in [-0.2, -0.15) is 0 Å². The van der Waals surface area contributed by atoms with Crippen molar-refractivity contribution in [1.29, 1.82) is 0 Å². The minimum Gasteiger partial charge on any atom is -0.466 e. The predicted octanol–water partition coefficient (Wildman–Crippen LogP) is 13.4. The Morgan fingerprint density at radius 1 is 0.509 bits per heavy atom. The van der Waals surface area contributed by atoms with Crippen molar-refractivity contribution in [2.24, 2.45) is 0 Å². The van der Waals surface area contributed by atoms with E-state index in [4.69, 9.17) is 4.74 Å². The van der Waals surface area contributed by atoms with Gasteiger partial charge in [0, 0.05) is 12.8 Å². The van der Waals surface area contributed by atoms with Crippen molar-refractivity contribution >= 4 is 11.9 Å². The molecule has 2 atom stereocenters. The van der Waals surface area contributed by atoms with Gasteiger partial charge >= 0.3 is 5.97 Å². The first kappa shape index (κ1) is 51.6. The molecule has 0 heterocycles. The Hall–Kier alpha value is -1.40. The topological polar surface area (TPSA) is 95.9 Å². The van der Waals surface area contributed by atoms with Crippen LogP contribution in [-0.2, 0) is 14.3 Å². The summed E-state index contributed by atoms with van der Waals surface area (Å²) in [4.78, 5) is 24.3. The number of carbonyl (C=O) groups excluding carboxylic acids is 2. The van der Waals surface area contributed by atoms with Crippen molar-refractivity contribution < 1.29 is 24.5 Å². The zero-order valence-corrected chi connectivity index (χ0v) is 35.5. The lowest BCUT2D eigenvalue weighted by molar-refractivity contribution is -0.143. The lowest BCUT2D eigenvalue weighted by Gasteiger charge is -2.20. The molecule has 0 aromatic carbocycles. The minimum absolute atomic E-state index is 0.00426. The second kappa shape index (κ2) is 43.3. The van der Waals surface area contributed by atoms with Gasteiger partial charge in [-0.15, -0.1) is 0 Å². The molecule has 0 bridgehead atoms. The van der Waals surface area contributed by atoms with Crippen LogP contribution in [0.2, 0.25) is 0 Å². The van der Waals surface area contributed by atoms with Gasteiger partial charge in [-0.05, 0) is 32.1 Å². The summed E-state index contributed by atoms with van der Waals surface area (Å²) in [6, 6.07) is -0.632. The van der Waals surface area contributed by atoms with Crippen molar-refractivity contribution in [1.82, 2.24) is 5.32 Å². The fraction of sp³-hybridized carbons (Fsp3) is 0.915. The molecule has 0 aliphatic carbocycles. The number of hydrogen-bond acceptors (Lipinski definition) is 5. The Kier molecular flexibility index (Phi) is 42.2. The highest BCUT2D eigenvalue weighted by molar-refractivity contribution is 5.76. The van der Waals surface area contributed by atoms with E-state index in [1.807, 2.05) is 6.08 Å². The van der Waals surface area contributed by atoms with E-state index in [9.17, 15) is 19.8 Å². The van der Waals surface area contributed by atoms with Crippen molar-refractivity contribution in [3.63, 3.8) is 0 Å². The van der Waals surface area contributed by atoms with Crippen molar-refractivity contribution in [2.75, 3.05) is 13.2 Å². The predicted molar refractivity (Wildman–Crippen MR) is 227 cm³/mol. The molecule has 6 heteroatoms. The fourth-order valence-corrected chi connectivity index (χ4v) is 7.16. The molecule has 53 heavy (non-hydrogen) atoms. The third kappa shape index (κ3) is 40.1. The maximum atomic E-state index is 12.4. The molecule has 0 aliphatic rings. The summed E-state index contributed by atoms with van der Waals surface area (Å²) in [5, 5.41) is 22.9. The molecule has 0 rings (SSSR count). The molecule has 0 aliphatic heterocycles. The number of carbonyl (C=O) groups is 2. The van der Waals surface area contributed by atoms with Crippen molar-refractivity contribution in [3.05, 3.63) is 12.2 Å². The molecular formula is C47H91NO5. The summed E-state index contributed by atoms with van der Waals surface area (Å²) >= 11 is 0. The van der Waals surface area contributed by atoms with E-state index >= 15 is 0 Å². The van der Waals surface area contributed by atoms with Gasteiger partial charge in [-0.1, -0.05) is 219 Å². The number of rotatable bonds is 43. The van der Waals surface area contributed by atoms with Crippen LogP contribution in [0.5, 0.6) is 0 Å². The molecular weight excluding hydrogens is 659 g/mol. The number of ether oxygens (including phenoxy) is 1. The zero-order chi connectivity index (χ0) is 38.7. The molecule has 0 saturated carbocycles. The lowest BCUT2D eigenvalue weighted by atomic mass is 10.0. The Morgan fingerprint density at radius 2 is 0.868 bits per heavy atom. The second-order valence-electron chi connectivity index (χ2n) is 16.1. The van der Waals surface area contributed by atoms with Crippen LogP contribution in [0.4, 0.5) is 0 Å². The first-order valence-corrected chi connectivity index (χ1v) is 23.5. The van der Waals surface area contributed by atoms with Crippen LogP contribution < -0.4 is 5.32 Å². The van der Waals surface area contributed by atoms with E-state index < -0.39 is 12.1 Å². The first-order valence-electron chi connectivity index (χ1n) is 23.5. The third-order valence-electron chi connectivity index (χ3n) is 10.8. The molecule has 0 radical (unpaired) electrons. The summed E-state index contributed by atoms with van der Waals surface area (Å²) in [6.07, 6.45) is 47.7. The van der Waals surface area contributed by atoms with Crippen LogP contribution in [-0.4, -0.2) is 47.4 Å². The van der Waals surface area contributed by atoms with Gasteiger partial charge in [0.2, 0.25) is 5.91 Å². The van der Waals surface area contributed by atoms with E-state index in [0.717, 1.165) is 57.8 Å². The summed E-state index contributed by atoms with van der Waals surface area (Å²) in [6.45, 7) is 4.86. The average Bonchev–Trinajstić information content (AvgIpc) is 3.16. The normalized spacial score (nSPS) is 12.8. The maximum Gasteiger partial charge on any atom is 0.305 e. The lowest BCUT2D eigenvalue weighted by Crippen LogP contribution is -2.45. The van der Waals surface area contributed by atoms with Crippen LogP contribution in [0.3, 0.4) is 0 Å². The Labute approximate surface area is 329 Å². The molecule has 6 nitrogen and oxygen atoms in total. The smallest absolute Gasteiger partial charge is 0.305 e. The van der Waals surface area contributed by atoms with Crippen molar-refractivity contribution in [3.8, 4) is 0 Å². The number of allylic oxidation sites excluding steroid dienone is 1. The highest BCUT2D eigenvalue weighted by Crippen LogP contribution is 2.15. The Morgan fingerprint density at radius 3 is 1.28 bits per heavy atom. The van der Waals surface area contributed by atoms with E-state index in [-0.39, 0.29) is 18.5 Å². The molecule has 0 spiro atoms.